The van der Waals surface area contributed by atoms with Crippen LogP contribution in [0.5, 0.6) is 0 Å². The van der Waals surface area contributed by atoms with Gasteiger partial charge in [0.15, 0.2) is 4.75 Å². The number of anilines is 1. The Balaban J connectivity index is 2.89. The van der Waals surface area contributed by atoms with E-state index in [1.807, 2.05) is 0 Å². The van der Waals surface area contributed by atoms with Crippen LogP contribution < -0.4 is 5.73 Å². The second-order valence-electron chi connectivity index (χ2n) is 2.86. The second kappa shape index (κ2) is 4.18. The molecule has 0 aliphatic heterocycles. The molecule has 0 aromatic carbocycles. The normalized spacial score (nSPS) is 14.8. The van der Waals surface area contributed by atoms with Crippen LogP contribution in [0.3, 0.4) is 0 Å². The number of carbonyl (C=O) groups excluding carboxylic acids is 1. The summed E-state index contributed by atoms with van der Waals surface area (Å²) in [7, 11) is 0. The molecule has 0 fully saturated rings. The van der Waals surface area contributed by atoms with Gasteiger partial charge in [-0.2, -0.15) is 12.6 Å². The molecule has 1 aromatic rings. The molecule has 14 heavy (non-hydrogen) atoms. The molecule has 0 saturated heterocycles. The van der Waals surface area contributed by atoms with Crippen LogP contribution in [0, 0.1) is 0 Å². The maximum Gasteiger partial charge on any atom is 0.328 e. The number of ether oxygens (including phenoxy) is 1. The fraction of sp³-hybridized carbons (Fsp3) is 0.500. The number of hydrogen-bond donors (Lipinski definition) is 2. The summed E-state index contributed by atoms with van der Waals surface area (Å²) in [5, 5.41) is 1.11. The quantitative estimate of drug-likeness (QED) is 0.611. The molecule has 1 atom stereocenters. The molecule has 1 unspecified atom stereocenters. The summed E-state index contributed by atoms with van der Waals surface area (Å²) in [6.07, 6.45) is 1.51. The van der Waals surface area contributed by atoms with E-state index in [0.717, 1.165) is 0 Å². The van der Waals surface area contributed by atoms with E-state index in [9.17, 15) is 4.79 Å². The van der Waals surface area contributed by atoms with Crippen molar-refractivity contribution in [2.75, 3.05) is 12.3 Å². The number of nitrogens with zero attached hydrogens (tertiary/aromatic N) is 1. The Morgan fingerprint density at radius 3 is 2.93 bits per heavy atom. The van der Waals surface area contributed by atoms with Crippen molar-refractivity contribution in [2.45, 2.75) is 18.6 Å². The number of carbonyl (C=O) groups is 1. The monoisotopic (exact) mass is 232 g/mol. The van der Waals surface area contributed by atoms with E-state index in [4.69, 9.17) is 10.5 Å². The molecule has 0 aliphatic carbocycles. The highest BCUT2D eigenvalue weighted by atomic mass is 32.1. The van der Waals surface area contributed by atoms with Crippen molar-refractivity contribution in [2.24, 2.45) is 0 Å². The SMILES string of the molecule is CCOC(=O)C(C)(S)c1ncc(N)s1. The van der Waals surface area contributed by atoms with Gasteiger partial charge in [-0.3, -0.25) is 4.79 Å². The number of aromatic nitrogens is 1. The number of thiol groups is 1. The van der Waals surface area contributed by atoms with Crippen LogP contribution in [0.25, 0.3) is 0 Å². The number of nitrogen functional groups attached to an aromatic ring is 1. The topological polar surface area (TPSA) is 65.2 Å². The lowest BCUT2D eigenvalue weighted by molar-refractivity contribution is -0.145. The van der Waals surface area contributed by atoms with Gasteiger partial charge in [0, 0.05) is 0 Å². The molecule has 0 spiro atoms. The minimum atomic E-state index is -1.02. The first-order valence-electron chi connectivity index (χ1n) is 4.10. The van der Waals surface area contributed by atoms with E-state index >= 15 is 0 Å². The Bertz CT molecular complexity index is 336. The van der Waals surface area contributed by atoms with Crippen LogP contribution in [-0.4, -0.2) is 17.6 Å². The first kappa shape index (κ1) is 11.3. The third-order valence-corrected chi connectivity index (χ3v) is 3.21. The molecule has 0 bridgehead atoms. The maximum atomic E-state index is 11.5. The fourth-order valence-corrected chi connectivity index (χ4v) is 1.85. The predicted octanol–water partition coefficient (Wildman–Crippen LogP) is 1.43. The third-order valence-electron chi connectivity index (χ3n) is 1.61. The van der Waals surface area contributed by atoms with E-state index in [1.54, 1.807) is 13.8 Å². The van der Waals surface area contributed by atoms with Crippen LogP contribution in [0.2, 0.25) is 0 Å². The van der Waals surface area contributed by atoms with Gasteiger partial charge >= 0.3 is 5.97 Å². The largest absolute Gasteiger partial charge is 0.465 e. The zero-order valence-electron chi connectivity index (χ0n) is 7.98. The first-order chi connectivity index (χ1) is 6.48. The standard InChI is InChI=1S/C8H12N2O2S2/c1-3-12-7(11)8(2,13)6-10-4-5(9)14-6/h4,13H,3,9H2,1-2H3. The highest BCUT2D eigenvalue weighted by Gasteiger charge is 2.35. The van der Waals surface area contributed by atoms with Crippen molar-refractivity contribution in [1.29, 1.82) is 0 Å². The van der Waals surface area contributed by atoms with Crippen molar-refractivity contribution in [3.63, 3.8) is 0 Å². The van der Waals surface area contributed by atoms with Crippen molar-refractivity contribution >= 4 is 34.9 Å². The molecule has 4 nitrogen and oxygen atoms in total. The Morgan fingerprint density at radius 2 is 2.50 bits per heavy atom. The number of thiazole rings is 1. The molecular weight excluding hydrogens is 220 g/mol. The summed E-state index contributed by atoms with van der Waals surface area (Å²) in [6, 6.07) is 0. The van der Waals surface area contributed by atoms with Gasteiger partial charge in [-0.15, -0.1) is 0 Å². The van der Waals surface area contributed by atoms with E-state index in [1.165, 1.54) is 17.5 Å². The second-order valence-corrected chi connectivity index (χ2v) is 4.82. The van der Waals surface area contributed by atoms with Crippen LogP contribution in [-0.2, 0) is 14.3 Å². The average Bonchev–Trinajstić information content (AvgIpc) is 2.52. The lowest BCUT2D eigenvalue weighted by atomic mass is 10.2. The molecule has 0 radical (unpaired) electrons. The molecule has 2 N–H and O–H groups in total. The molecular formula is C8H12N2O2S2. The zero-order valence-corrected chi connectivity index (χ0v) is 9.69. The molecule has 1 rings (SSSR count). The molecule has 1 aromatic heterocycles. The van der Waals surface area contributed by atoms with Gasteiger partial charge in [-0.25, -0.2) is 4.98 Å². The van der Waals surface area contributed by atoms with Gasteiger partial charge < -0.3 is 10.5 Å². The molecule has 0 saturated carbocycles. The Kier molecular flexibility index (Phi) is 3.38. The van der Waals surface area contributed by atoms with E-state index in [-0.39, 0.29) is 0 Å². The van der Waals surface area contributed by atoms with Gasteiger partial charge in [-0.1, -0.05) is 11.3 Å². The van der Waals surface area contributed by atoms with Gasteiger partial charge in [0.05, 0.1) is 12.8 Å². The fourth-order valence-electron chi connectivity index (χ4n) is 0.871. The highest BCUT2D eigenvalue weighted by molar-refractivity contribution is 7.82. The van der Waals surface area contributed by atoms with Crippen LogP contribution >= 0.6 is 24.0 Å². The van der Waals surface area contributed by atoms with Gasteiger partial charge in [-0.05, 0) is 13.8 Å². The van der Waals surface area contributed by atoms with Gasteiger partial charge in [0.25, 0.3) is 0 Å². The summed E-state index contributed by atoms with van der Waals surface area (Å²) < 4.78 is 3.87. The summed E-state index contributed by atoms with van der Waals surface area (Å²) in [5.74, 6) is -0.405. The predicted molar refractivity (Wildman–Crippen MR) is 59.5 cm³/mol. The number of nitrogens with two attached hydrogens (primary N) is 1. The molecule has 0 aliphatic rings. The Morgan fingerprint density at radius 1 is 1.86 bits per heavy atom. The number of esters is 1. The summed E-state index contributed by atoms with van der Waals surface area (Å²) in [4.78, 5) is 15.5. The molecule has 0 amide bonds. The lowest BCUT2D eigenvalue weighted by Crippen LogP contribution is -2.28. The first-order valence-corrected chi connectivity index (χ1v) is 5.36. The number of rotatable bonds is 3. The lowest BCUT2D eigenvalue weighted by Gasteiger charge is -2.17. The van der Waals surface area contributed by atoms with Gasteiger partial charge in [0.1, 0.15) is 10.0 Å². The van der Waals surface area contributed by atoms with Gasteiger partial charge in [0.2, 0.25) is 0 Å². The zero-order chi connectivity index (χ0) is 10.8. The van der Waals surface area contributed by atoms with E-state index in [2.05, 4.69) is 17.6 Å². The third kappa shape index (κ3) is 2.19. The van der Waals surface area contributed by atoms with Crippen LogP contribution in [0.4, 0.5) is 5.00 Å². The maximum absolute atomic E-state index is 11.5. The van der Waals surface area contributed by atoms with Crippen molar-refractivity contribution in [3.05, 3.63) is 11.2 Å². The van der Waals surface area contributed by atoms with Crippen LogP contribution in [0.15, 0.2) is 6.20 Å². The Labute approximate surface area is 91.9 Å². The molecule has 6 heteroatoms. The van der Waals surface area contributed by atoms with Crippen molar-refractivity contribution < 1.29 is 9.53 Å². The molecule has 78 valence electrons. The Hall–Kier alpha value is -0.750. The van der Waals surface area contributed by atoms with Crippen LogP contribution in [0.1, 0.15) is 18.9 Å². The van der Waals surface area contributed by atoms with E-state index < -0.39 is 10.7 Å². The van der Waals surface area contributed by atoms with E-state index in [0.29, 0.717) is 16.6 Å². The smallest absolute Gasteiger partial charge is 0.328 e. The average molecular weight is 232 g/mol. The summed E-state index contributed by atoms with van der Waals surface area (Å²) in [6.45, 7) is 3.72. The summed E-state index contributed by atoms with van der Waals surface area (Å²) in [5.41, 5.74) is 5.52. The molecule has 1 heterocycles. The minimum Gasteiger partial charge on any atom is -0.465 e. The van der Waals surface area contributed by atoms with Crippen molar-refractivity contribution in [3.8, 4) is 0 Å². The van der Waals surface area contributed by atoms with Crippen molar-refractivity contribution in [1.82, 2.24) is 4.98 Å². The highest BCUT2D eigenvalue weighted by Crippen LogP contribution is 2.33. The minimum absolute atomic E-state index is 0.329. The summed E-state index contributed by atoms with van der Waals surface area (Å²) >= 11 is 5.47. The number of hydrogen-bond acceptors (Lipinski definition) is 6.